The van der Waals surface area contributed by atoms with Gasteiger partial charge in [-0.3, -0.25) is 0 Å². The summed E-state index contributed by atoms with van der Waals surface area (Å²) in [4.78, 5) is 0.734. The molecule has 1 atom stereocenters. The molecule has 0 aromatic heterocycles. The lowest BCUT2D eigenvalue weighted by Crippen LogP contribution is -2.27. The van der Waals surface area contributed by atoms with Gasteiger partial charge in [-0.2, -0.15) is 0 Å². The fraction of sp³-hybridized carbons (Fsp3) is 0.500. The monoisotopic (exact) mass is 319 g/mol. The minimum Gasteiger partial charge on any atom is -0.390 e. The van der Waals surface area contributed by atoms with Crippen LogP contribution in [0.2, 0.25) is 0 Å². The van der Waals surface area contributed by atoms with E-state index in [0.29, 0.717) is 13.0 Å². The molecule has 0 aliphatic rings. The van der Waals surface area contributed by atoms with Gasteiger partial charge in [0.05, 0.1) is 10.5 Å². The summed E-state index contributed by atoms with van der Waals surface area (Å²) in [5, 5.41) is 9.54. The Morgan fingerprint density at radius 1 is 1.47 bits per heavy atom. The lowest BCUT2D eigenvalue weighted by molar-refractivity contribution is 0.0728. The number of nitrogens with one attached hydrogen (secondary N) is 1. The Labute approximate surface area is 113 Å². The van der Waals surface area contributed by atoms with Crippen molar-refractivity contribution in [2.75, 3.05) is 6.54 Å². The standard InChI is InChI=1S/C12H18BrNO2S/c1-9-4-5-10(8-11(9)13)17(16)14-7-6-12(2,3)15/h4-5,8,14-15H,6-7H2,1-3H3. The van der Waals surface area contributed by atoms with Crippen molar-refractivity contribution in [3.05, 3.63) is 28.2 Å². The molecule has 5 heteroatoms. The zero-order valence-electron chi connectivity index (χ0n) is 10.3. The molecule has 0 spiro atoms. The number of aryl methyl sites for hydroxylation is 1. The molecule has 0 aliphatic heterocycles. The number of hydrogen-bond donors (Lipinski definition) is 2. The van der Waals surface area contributed by atoms with Crippen LogP contribution in [0, 0.1) is 6.92 Å². The van der Waals surface area contributed by atoms with Gasteiger partial charge in [-0.25, -0.2) is 8.93 Å². The summed E-state index contributed by atoms with van der Waals surface area (Å²) in [6, 6.07) is 5.62. The zero-order chi connectivity index (χ0) is 13.1. The lowest BCUT2D eigenvalue weighted by Gasteiger charge is -2.16. The predicted octanol–water partition coefficient (Wildman–Crippen LogP) is 2.53. The summed E-state index contributed by atoms with van der Waals surface area (Å²) < 4.78 is 15.7. The molecule has 1 rings (SSSR count). The van der Waals surface area contributed by atoms with Gasteiger partial charge in [-0.05, 0) is 44.9 Å². The van der Waals surface area contributed by atoms with Gasteiger partial charge in [0.15, 0.2) is 0 Å². The van der Waals surface area contributed by atoms with Crippen LogP contribution in [0.5, 0.6) is 0 Å². The normalized spacial score (nSPS) is 13.7. The van der Waals surface area contributed by atoms with Gasteiger partial charge < -0.3 is 5.11 Å². The van der Waals surface area contributed by atoms with E-state index >= 15 is 0 Å². The van der Waals surface area contributed by atoms with Gasteiger partial charge in [0.2, 0.25) is 0 Å². The largest absolute Gasteiger partial charge is 0.390 e. The van der Waals surface area contributed by atoms with Crippen molar-refractivity contribution in [3.8, 4) is 0 Å². The van der Waals surface area contributed by atoms with Crippen molar-refractivity contribution in [2.45, 2.75) is 37.7 Å². The second-order valence-corrected chi connectivity index (χ2v) is 6.79. The van der Waals surface area contributed by atoms with E-state index in [-0.39, 0.29) is 0 Å². The molecule has 17 heavy (non-hydrogen) atoms. The van der Waals surface area contributed by atoms with Crippen molar-refractivity contribution < 1.29 is 9.32 Å². The van der Waals surface area contributed by atoms with Crippen LogP contribution in [-0.4, -0.2) is 21.5 Å². The summed E-state index contributed by atoms with van der Waals surface area (Å²) in [6.07, 6.45) is 0.561. The Kier molecular flexibility index (Phi) is 5.31. The van der Waals surface area contributed by atoms with Crippen LogP contribution in [0.15, 0.2) is 27.6 Å². The molecule has 0 saturated carbocycles. The number of benzene rings is 1. The predicted molar refractivity (Wildman–Crippen MR) is 74.2 cm³/mol. The molecular weight excluding hydrogens is 302 g/mol. The SMILES string of the molecule is Cc1ccc(S(=O)NCCC(C)(C)O)cc1Br. The first-order chi connectivity index (χ1) is 7.79. The number of rotatable bonds is 5. The van der Waals surface area contributed by atoms with Gasteiger partial charge in [-0.15, -0.1) is 0 Å². The van der Waals surface area contributed by atoms with Crippen molar-refractivity contribution in [1.29, 1.82) is 0 Å². The summed E-state index contributed by atoms with van der Waals surface area (Å²) in [5.74, 6) is 0. The fourth-order valence-electron chi connectivity index (χ4n) is 1.22. The molecular formula is C12H18BrNO2S. The highest BCUT2D eigenvalue weighted by Crippen LogP contribution is 2.19. The van der Waals surface area contributed by atoms with Crippen LogP contribution in [0.25, 0.3) is 0 Å². The van der Waals surface area contributed by atoms with Crippen molar-refractivity contribution in [3.63, 3.8) is 0 Å². The highest BCUT2D eigenvalue weighted by molar-refractivity contribution is 9.10. The number of aliphatic hydroxyl groups is 1. The second kappa shape index (κ2) is 6.09. The number of halogens is 1. The van der Waals surface area contributed by atoms with Crippen LogP contribution < -0.4 is 4.72 Å². The average molecular weight is 320 g/mol. The molecule has 0 heterocycles. The van der Waals surface area contributed by atoms with Crippen LogP contribution in [0.1, 0.15) is 25.8 Å². The molecule has 96 valence electrons. The van der Waals surface area contributed by atoms with E-state index in [2.05, 4.69) is 20.7 Å². The fourth-order valence-corrected chi connectivity index (χ4v) is 2.62. The van der Waals surface area contributed by atoms with Gasteiger partial charge in [0.25, 0.3) is 0 Å². The summed E-state index contributed by atoms with van der Waals surface area (Å²) >= 11 is 3.41. The Morgan fingerprint density at radius 3 is 2.65 bits per heavy atom. The molecule has 1 aromatic rings. The molecule has 2 N–H and O–H groups in total. The zero-order valence-corrected chi connectivity index (χ0v) is 12.7. The summed E-state index contributed by atoms with van der Waals surface area (Å²) in [5.41, 5.74) is 0.382. The Balaban J connectivity index is 2.56. The van der Waals surface area contributed by atoms with Gasteiger partial charge >= 0.3 is 0 Å². The molecule has 0 saturated heterocycles. The third-order valence-corrected chi connectivity index (χ3v) is 4.33. The van der Waals surface area contributed by atoms with E-state index in [1.807, 2.05) is 25.1 Å². The molecule has 1 unspecified atom stereocenters. The molecule has 0 bridgehead atoms. The minimum atomic E-state index is -1.23. The third kappa shape index (κ3) is 5.29. The number of hydrogen-bond acceptors (Lipinski definition) is 2. The van der Waals surface area contributed by atoms with Crippen LogP contribution in [-0.2, 0) is 11.0 Å². The quantitative estimate of drug-likeness (QED) is 0.876. The lowest BCUT2D eigenvalue weighted by atomic mass is 10.1. The second-order valence-electron chi connectivity index (χ2n) is 4.64. The topological polar surface area (TPSA) is 49.3 Å². The first-order valence-corrected chi connectivity index (χ1v) is 7.38. The molecule has 0 amide bonds. The summed E-state index contributed by atoms with van der Waals surface area (Å²) in [6.45, 7) is 5.97. The molecule has 0 radical (unpaired) electrons. The van der Waals surface area contributed by atoms with Gasteiger partial charge in [0, 0.05) is 11.0 Å². The maximum Gasteiger partial charge on any atom is 0.124 e. The van der Waals surface area contributed by atoms with Gasteiger partial charge in [0.1, 0.15) is 11.0 Å². The molecule has 3 nitrogen and oxygen atoms in total. The van der Waals surface area contributed by atoms with E-state index in [0.717, 1.165) is 14.9 Å². The van der Waals surface area contributed by atoms with Crippen LogP contribution in [0.3, 0.4) is 0 Å². The van der Waals surface area contributed by atoms with Crippen molar-refractivity contribution >= 4 is 26.9 Å². The van der Waals surface area contributed by atoms with Crippen molar-refractivity contribution in [1.82, 2.24) is 4.72 Å². The third-order valence-electron chi connectivity index (χ3n) is 2.33. The average Bonchev–Trinajstić information content (AvgIpc) is 2.20. The first-order valence-electron chi connectivity index (χ1n) is 5.43. The first kappa shape index (κ1) is 14.8. The van der Waals surface area contributed by atoms with Crippen LogP contribution in [0.4, 0.5) is 0 Å². The highest BCUT2D eigenvalue weighted by Gasteiger charge is 2.13. The van der Waals surface area contributed by atoms with E-state index < -0.39 is 16.6 Å². The van der Waals surface area contributed by atoms with E-state index in [1.54, 1.807) is 13.8 Å². The van der Waals surface area contributed by atoms with E-state index in [9.17, 15) is 9.32 Å². The van der Waals surface area contributed by atoms with Gasteiger partial charge in [-0.1, -0.05) is 22.0 Å². The van der Waals surface area contributed by atoms with Crippen LogP contribution >= 0.6 is 15.9 Å². The maximum absolute atomic E-state index is 11.9. The Hall–Kier alpha value is -0.230. The summed E-state index contributed by atoms with van der Waals surface area (Å²) in [7, 11) is -1.23. The molecule has 1 aromatic carbocycles. The Bertz CT molecular complexity index is 415. The van der Waals surface area contributed by atoms with Crippen molar-refractivity contribution in [2.24, 2.45) is 0 Å². The minimum absolute atomic E-state index is 0.515. The Morgan fingerprint density at radius 2 is 2.12 bits per heavy atom. The highest BCUT2D eigenvalue weighted by atomic mass is 79.9. The maximum atomic E-state index is 11.9. The molecule has 0 aliphatic carbocycles. The van der Waals surface area contributed by atoms with E-state index in [4.69, 9.17) is 0 Å². The van der Waals surface area contributed by atoms with E-state index in [1.165, 1.54) is 0 Å². The smallest absolute Gasteiger partial charge is 0.124 e. The molecule has 0 fully saturated rings.